The van der Waals surface area contributed by atoms with Gasteiger partial charge in [-0.15, -0.1) is 11.3 Å². The van der Waals surface area contributed by atoms with E-state index >= 15 is 0 Å². The first-order chi connectivity index (χ1) is 7.51. The second-order valence-electron chi connectivity index (χ2n) is 3.97. The van der Waals surface area contributed by atoms with Crippen molar-refractivity contribution < 1.29 is 9.50 Å². The van der Waals surface area contributed by atoms with Crippen LogP contribution in [0, 0.1) is 12.7 Å². The van der Waals surface area contributed by atoms with Gasteiger partial charge in [0.2, 0.25) is 0 Å². The SMILES string of the molecule is Cc1sccc1C(C)(O)c1ccc(F)cc1. The van der Waals surface area contributed by atoms with E-state index < -0.39 is 5.60 Å². The zero-order valence-electron chi connectivity index (χ0n) is 9.20. The van der Waals surface area contributed by atoms with E-state index in [1.807, 2.05) is 18.4 Å². The number of hydrogen-bond acceptors (Lipinski definition) is 2. The number of thiophene rings is 1. The van der Waals surface area contributed by atoms with Gasteiger partial charge in [0.15, 0.2) is 0 Å². The fraction of sp³-hybridized carbons (Fsp3) is 0.231. The van der Waals surface area contributed by atoms with Gasteiger partial charge in [-0.3, -0.25) is 0 Å². The highest BCUT2D eigenvalue weighted by Gasteiger charge is 2.27. The Balaban J connectivity index is 2.46. The number of aryl methyl sites for hydroxylation is 1. The molecule has 1 nitrogen and oxygen atoms in total. The molecule has 0 bridgehead atoms. The van der Waals surface area contributed by atoms with Gasteiger partial charge in [0.05, 0.1) is 0 Å². The van der Waals surface area contributed by atoms with Crippen LogP contribution in [0.3, 0.4) is 0 Å². The molecule has 0 aliphatic heterocycles. The van der Waals surface area contributed by atoms with E-state index in [0.29, 0.717) is 5.56 Å². The summed E-state index contributed by atoms with van der Waals surface area (Å²) in [6.45, 7) is 3.70. The predicted molar refractivity (Wildman–Crippen MR) is 64.1 cm³/mol. The van der Waals surface area contributed by atoms with Crippen LogP contribution in [-0.2, 0) is 5.60 Å². The molecule has 0 amide bonds. The zero-order valence-corrected chi connectivity index (χ0v) is 10.0. The normalized spacial score (nSPS) is 14.8. The largest absolute Gasteiger partial charge is 0.381 e. The van der Waals surface area contributed by atoms with Gasteiger partial charge in [-0.05, 0) is 43.0 Å². The third-order valence-electron chi connectivity index (χ3n) is 2.79. The van der Waals surface area contributed by atoms with Gasteiger partial charge in [-0.2, -0.15) is 0 Å². The quantitative estimate of drug-likeness (QED) is 0.846. The molecule has 1 heterocycles. The molecule has 0 radical (unpaired) electrons. The second kappa shape index (κ2) is 4.00. The summed E-state index contributed by atoms with van der Waals surface area (Å²) in [5, 5.41) is 12.4. The van der Waals surface area contributed by atoms with Gasteiger partial charge < -0.3 is 5.11 Å². The van der Waals surface area contributed by atoms with Crippen LogP contribution >= 0.6 is 11.3 Å². The molecule has 1 N–H and O–H groups in total. The Labute approximate surface area is 98.2 Å². The zero-order chi connectivity index (χ0) is 11.8. The first-order valence-corrected chi connectivity index (χ1v) is 5.93. The van der Waals surface area contributed by atoms with Crippen molar-refractivity contribution in [2.24, 2.45) is 0 Å². The summed E-state index contributed by atoms with van der Waals surface area (Å²) >= 11 is 1.60. The van der Waals surface area contributed by atoms with Crippen molar-refractivity contribution in [3.05, 3.63) is 57.5 Å². The molecule has 1 aromatic heterocycles. The highest BCUT2D eigenvalue weighted by atomic mass is 32.1. The molecule has 1 unspecified atom stereocenters. The van der Waals surface area contributed by atoms with Crippen LogP contribution in [0.15, 0.2) is 35.7 Å². The molecular weight excluding hydrogens is 223 g/mol. The minimum Gasteiger partial charge on any atom is -0.381 e. The van der Waals surface area contributed by atoms with Crippen molar-refractivity contribution in [1.29, 1.82) is 0 Å². The van der Waals surface area contributed by atoms with E-state index in [0.717, 1.165) is 10.4 Å². The molecular formula is C13H13FOS. The summed E-state index contributed by atoms with van der Waals surface area (Å²) in [5.41, 5.74) is 0.525. The fourth-order valence-electron chi connectivity index (χ4n) is 1.82. The summed E-state index contributed by atoms with van der Waals surface area (Å²) in [6, 6.07) is 7.87. The van der Waals surface area contributed by atoms with Gasteiger partial charge in [0, 0.05) is 10.4 Å². The lowest BCUT2D eigenvalue weighted by molar-refractivity contribution is 0.102. The van der Waals surface area contributed by atoms with Crippen molar-refractivity contribution in [3.8, 4) is 0 Å². The third kappa shape index (κ3) is 1.88. The number of hydrogen-bond donors (Lipinski definition) is 1. The number of aliphatic hydroxyl groups is 1. The first kappa shape index (κ1) is 11.3. The van der Waals surface area contributed by atoms with Crippen LogP contribution in [-0.4, -0.2) is 5.11 Å². The summed E-state index contributed by atoms with van der Waals surface area (Å²) in [7, 11) is 0. The first-order valence-electron chi connectivity index (χ1n) is 5.05. The Kier molecular flexibility index (Phi) is 2.82. The summed E-state index contributed by atoms with van der Waals surface area (Å²) in [4.78, 5) is 1.08. The van der Waals surface area contributed by atoms with Gasteiger partial charge in [-0.1, -0.05) is 12.1 Å². The Morgan fingerprint density at radius 1 is 1.19 bits per heavy atom. The molecule has 0 saturated heterocycles. The Bertz CT molecular complexity index is 485. The summed E-state index contributed by atoms with van der Waals surface area (Å²) in [5.74, 6) is -0.290. The minimum atomic E-state index is -1.06. The number of benzene rings is 1. The van der Waals surface area contributed by atoms with Crippen LogP contribution in [0.1, 0.15) is 22.9 Å². The van der Waals surface area contributed by atoms with E-state index in [9.17, 15) is 9.50 Å². The predicted octanol–water partition coefficient (Wildman–Crippen LogP) is 3.45. The maximum Gasteiger partial charge on any atom is 0.123 e. The Morgan fingerprint density at radius 3 is 2.31 bits per heavy atom. The van der Waals surface area contributed by atoms with Gasteiger partial charge >= 0.3 is 0 Å². The topological polar surface area (TPSA) is 20.2 Å². The van der Waals surface area contributed by atoms with Crippen molar-refractivity contribution in [2.45, 2.75) is 19.4 Å². The van der Waals surface area contributed by atoms with E-state index in [-0.39, 0.29) is 5.82 Å². The van der Waals surface area contributed by atoms with Crippen molar-refractivity contribution in [3.63, 3.8) is 0 Å². The lowest BCUT2D eigenvalue weighted by Crippen LogP contribution is -2.22. The highest BCUT2D eigenvalue weighted by molar-refractivity contribution is 7.10. The molecule has 84 valence electrons. The molecule has 1 aromatic carbocycles. The van der Waals surface area contributed by atoms with Crippen molar-refractivity contribution in [1.82, 2.24) is 0 Å². The van der Waals surface area contributed by atoms with Gasteiger partial charge in [0.25, 0.3) is 0 Å². The fourth-order valence-corrected chi connectivity index (χ4v) is 2.62. The average Bonchev–Trinajstić information content (AvgIpc) is 2.66. The maximum absolute atomic E-state index is 12.8. The molecule has 1 atom stereocenters. The van der Waals surface area contributed by atoms with Crippen LogP contribution in [0.2, 0.25) is 0 Å². The van der Waals surface area contributed by atoms with Crippen molar-refractivity contribution in [2.75, 3.05) is 0 Å². The monoisotopic (exact) mass is 236 g/mol. The van der Waals surface area contributed by atoms with Crippen LogP contribution < -0.4 is 0 Å². The summed E-state index contributed by atoms with van der Waals surface area (Å²) < 4.78 is 12.8. The minimum absolute atomic E-state index is 0.290. The van der Waals surface area contributed by atoms with E-state index in [2.05, 4.69) is 0 Å². The lowest BCUT2D eigenvalue weighted by atomic mass is 9.89. The lowest BCUT2D eigenvalue weighted by Gasteiger charge is -2.24. The number of rotatable bonds is 2. The van der Waals surface area contributed by atoms with Gasteiger partial charge in [-0.25, -0.2) is 4.39 Å². The second-order valence-corrected chi connectivity index (χ2v) is 5.09. The highest BCUT2D eigenvalue weighted by Crippen LogP contribution is 2.33. The van der Waals surface area contributed by atoms with E-state index in [1.165, 1.54) is 12.1 Å². The Morgan fingerprint density at radius 2 is 1.81 bits per heavy atom. The van der Waals surface area contributed by atoms with E-state index in [4.69, 9.17) is 0 Å². The maximum atomic E-state index is 12.8. The van der Waals surface area contributed by atoms with Crippen LogP contribution in [0.4, 0.5) is 4.39 Å². The molecule has 0 fully saturated rings. The molecule has 2 aromatic rings. The molecule has 0 aliphatic rings. The molecule has 3 heteroatoms. The average molecular weight is 236 g/mol. The standard InChI is InChI=1S/C13H13FOS/c1-9-12(7-8-16-9)13(2,15)10-3-5-11(14)6-4-10/h3-8,15H,1-2H3. The molecule has 2 rings (SSSR count). The van der Waals surface area contributed by atoms with Crippen LogP contribution in [0.5, 0.6) is 0 Å². The van der Waals surface area contributed by atoms with Crippen LogP contribution in [0.25, 0.3) is 0 Å². The molecule has 0 saturated carbocycles. The number of halogens is 1. The van der Waals surface area contributed by atoms with Crippen molar-refractivity contribution >= 4 is 11.3 Å². The smallest absolute Gasteiger partial charge is 0.123 e. The molecule has 0 aliphatic carbocycles. The van der Waals surface area contributed by atoms with Gasteiger partial charge in [0.1, 0.15) is 11.4 Å². The molecule has 0 spiro atoms. The summed E-state index contributed by atoms with van der Waals surface area (Å²) in [6.07, 6.45) is 0. The third-order valence-corrected chi connectivity index (χ3v) is 3.64. The van der Waals surface area contributed by atoms with E-state index in [1.54, 1.807) is 30.4 Å². The molecule has 16 heavy (non-hydrogen) atoms. The Hall–Kier alpha value is -1.19.